The molecule has 0 saturated carbocycles. The van der Waals surface area contributed by atoms with Gasteiger partial charge < -0.3 is 9.84 Å². The number of aliphatic hydroxyl groups excluding tert-OH is 1. The zero-order chi connectivity index (χ0) is 8.53. The molecule has 0 aliphatic carbocycles. The van der Waals surface area contributed by atoms with Crippen LogP contribution in [0.3, 0.4) is 0 Å². The minimum Gasteiger partial charge on any atom is -0.465 e. The van der Waals surface area contributed by atoms with Crippen LogP contribution in [0.25, 0.3) is 0 Å². The van der Waals surface area contributed by atoms with Gasteiger partial charge in [-0.15, -0.1) is 0 Å². The molecular weight excluding hydrogens is 144 g/mol. The number of carbonyl (C=O) groups excluding carboxylic acids is 1. The highest BCUT2D eigenvalue weighted by molar-refractivity contribution is 5.37. The van der Waals surface area contributed by atoms with Gasteiger partial charge in [0.15, 0.2) is 0 Å². The summed E-state index contributed by atoms with van der Waals surface area (Å²) in [6.07, 6.45) is 3.46. The molecule has 0 aromatic heterocycles. The molecule has 66 valence electrons. The Morgan fingerprint density at radius 2 is 2.27 bits per heavy atom. The highest BCUT2D eigenvalue weighted by atomic mass is 16.5. The largest absolute Gasteiger partial charge is 0.465 e. The molecule has 3 nitrogen and oxygen atoms in total. The Bertz CT molecular complexity index is 93.3. The van der Waals surface area contributed by atoms with Crippen LogP contribution in [0.2, 0.25) is 0 Å². The molecule has 0 spiro atoms. The second-order valence-corrected chi connectivity index (χ2v) is 2.48. The van der Waals surface area contributed by atoms with Crippen molar-refractivity contribution in [1.82, 2.24) is 0 Å². The van der Waals surface area contributed by atoms with Crippen molar-refractivity contribution >= 4 is 6.47 Å². The number of unbranched alkanes of at least 4 members (excludes halogenated alkanes) is 1. The molecular formula is C8H16O3. The summed E-state index contributed by atoms with van der Waals surface area (Å²) in [6.45, 7) is 2.69. The Kier molecular flexibility index (Phi) is 7.15. The van der Waals surface area contributed by atoms with Crippen molar-refractivity contribution in [3.63, 3.8) is 0 Å². The minimum atomic E-state index is 0.0408. The van der Waals surface area contributed by atoms with Gasteiger partial charge in [0.1, 0.15) is 6.10 Å². The van der Waals surface area contributed by atoms with Crippen molar-refractivity contribution in [2.24, 2.45) is 0 Å². The van der Waals surface area contributed by atoms with Crippen LogP contribution in [0.15, 0.2) is 0 Å². The van der Waals surface area contributed by atoms with Crippen LogP contribution in [0.1, 0.15) is 32.6 Å². The van der Waals surface area contributed by atoms with E-state index < -0.39 is 0 Å². The molecule has 0 aliphatic heterocycles. The second kappa shape index (κ2) is 7.54. The first-order valence-corrected chi connectivity index (χ1v) is 4.05. The number of hydrogen-bond acceptors (Lipinski definition) is 3. The molecule has 0 saturated heterocycles. The Hall–Kier alpha value is -0.570. The van der Waals surface area contributed by atoms with Crippen molar-refractivity contribution in [2.75, 3.05) is 6.61 Å². The smallest absolute Gasteiger partial charge is 0.293 e. The van der Waals surface area contributed by atoms with Crippen LogP contribution in [-0.4, -0.2) is 24.3 Å². The molecule has 0 bridgehead atoms. The monoisotopic (exact) mass is 160 g/mol. The molecule has 1 N–H and O–H groups in total. The molecule has 0 aromatic rings. The number of ether oxygens (including phenoxy) is 1. The van der Waals surface area contributed by atoms with E-state index in [9.17, 15) is 4.79 Å². The summed E-state index contributed by atoms with van der Waals surface area (Å²) in [5.74, 6) is 0. The van der Waals surface area contributed by atoms with Crippen molar-refractivity contribution in [3.05, 3.63) is 0 Å². The van der Waals surface area contributed by atoms with Crippen molar-refractivity contribution < 1.29 is 14.6 Å². The second-order valence-electron chi connectivity index (χ2n) is 2.48. The third-order valence-electron chi connectivity index (χ3n) is 1.64. The summed E-state index contributed by atoms with van der Waals surface area (Å²) in [4.78, 5) is 9.94. The van der Waals surface area contributed by atoms with Crippen LogP contribution < -0.4 is 0 Å². The lowest BCUT2D eigenvalue weighted by molar-refractivity contribution is -0.134. The highest BCUT2D eigenvalue weighted by Crippen LogP contribution is 2.06. The molecule has 3 heteroatoms. The molecule has 0 heterocycles. The van der Waals surface area contributed by atoms with Gasteiger partial charge in [-0.1, -0.05) is 6.92 Å². The molecule has 11 heavy (non-hydrogen) atoms. The van der Waals surface area contributed by atoms with E-state index in [2.05, 4.69) is 0 Å². The first-order chi connectivity index (χ1) is 5.35. The summed E-state index contributed by atoms with van der Waals surface area (Å²) in [7, 11) is 0. The minimum absolute atomic E-state index is 0.0408. The van der Waals surface area contributed by atoms with Crippen LogP contribution in [0.4, 0.5) is 0 Å². The lowest BCUT2D eigenvalue weighted by Gasteiger charge is -2.11. The summed E-state index contributed by atoms with van der Waals surface area (Å²) in [6, 6.07) is 0. The Morgan fingerprint density at radius 3 is 2.73 bits per heavy atom. The van der Waals surface area contributed by atoms with E-state index >= 15 is 0 Å². The Balaban J connectivity index is 3.27. The number of carbonyl (C=O) groups is 1. The summed E-state index contributed by atoms with van der Waals surface area (Å²) >= 11 is 0. The number of aliphatic hydroxyl groups is 1. The maximum absolute atomic E-state index is 9.94. The Labute approximate surface area is 67.4 Å². The quantitative estimate of drug-likeness (QED) is 0.448. The van der Waals surface area contributed by atoms with Gasteiger partial charge in [0.05, 0.1) is 0 Å². The van der Waals surface area contributed by atoms with Crippen LogP contribution in [0.5, 0.6) is 0 Å². The predicted molar refractivity (Wildman–Crippen MR) is 42.2 cm³/mol. The van der Waals surface area contributed by atoms with Crippen molar-refractivity contribution in [3.8, 4) is 0 Å². The third kappa shape index (κ3) is 5.85. The average molecular weight is 160 g/mol. The van der Waals surface area contributed by atoms with Crippen molar-refractivity contribution in [1.29, 1.82) is 0 Å². The highest BCUT2D eigenvalue weighted by Gasteiger charge is 2.04. The van der Waals surface area contributed by atoms with Crippen LogP contribution in [-0.2, 0) is 9.53 Å². The fourth-order valence-electron chi connectivity index (χ4n) is 0.931. The molecule has 0 aromatic carbocycles. The van der Waals surface area contributed by atoms with E-state index in [-0.39, 0.29) is 12.7 Å². The maximum Gasteiger partial charge on any atom is 0.293 e. The number of rotatable bonds is 7. The van der Waals surface area contributed by atoms with Gasteiger partial charge in [-0.2, -0.15) is 0 Å². The SMILES string of the molecule is CCC(CCCCO)OC=O. The fraction of sp³-hybridized carbons (Fsp3) is 0.875. The summed E-state index contributed by atoms with van der Waals surface area (Å²) in [5, 5.41) is 8.47. The lowest BCUT2D eigenvalue weighted by atomic mass is 10.1. The van der Waals surface area contributed by atoms with E-state index in [0.717, 1.165) is 25.7 Å². The molecule has 0 fully saturated rings. The molecule has 1 atom stereocenters. The van der Waals surface area contributed by atoms with Gasteiger partial charge in [0, 0.05) is 6.61 Å². The van der Waals surface area contributed by atoms with E-state index in [0.29, 0.717) is 6.47 Å². The Morgan fingerprint density at radius 1 is 1.55 bits per heavy atom. The first-order valence-electron chi connectivity index (χ1n) is 4.05. The van der Waals surface area contributed by atoms with Gasteiger partial charge >= 0.3 is 0 Å². The third-order valence-corrected chi connectivity index (χ3v) is 1.64. The zero-order valence-corrected chi connectivity index (χ0v) is 6.95. The van der Waals surface area contributed by atoms with Gasteiger partial charge in [-0.3, -0.25) is 4.79 Å². The fourth-order valence-corrected chi connectivity index (χ4v) is 0.931. The van der Waals surface area contributed by atoms with Gasteiger partial charge in [-0.05, 0) is 25.7 Å². The van der Waals surface area contributed by atoms with E-state index in [1.54, 1.807) is 0 Å². The molecule has 0 amide bonds. The van der Waals surface area contributed by atoms with E-state index in [4.69, 9.17) is 9.84 Å². The summed E-state index contributed by atoms with van der Waals surface area (Å²) in [5.41, 5.74) is 0. The van der Waals surface area contributed by atoms with Crippen LogP contribution >= 0.6 is 0 Å². The molecule has 0 rings (SSSR count). The standard InChI is InChI=1S/C8H16O3/c1-2-8(11-7-10)5-3-4-6-9/h7-9H,2-6H2,1H3. The normalized spacial score (nSPS) is 12.5. The maximum atomic E-state index is 9.94. The van der Waals surface area contributed by atoms with Gasteiger partial charge in [-0.25, -0.2) is 0 Å². The molecule has 1 unspecified atom stereocenters. The van der Waals surface area contributed by atoms with Gasteiger partial charge in [0.25, 0.3) is 6.47 Å². The van der Waals surface area contributed by atoms with Gasteiger partial charge in [0.2, 0.25) is 0 Å². The average Bonchev–Trinajstić information content (AvgIpc) is 2.03. The summed E-state index contributed by atoms with van der Waals surface area (Å²) < 4.78 is 4.78. The van der Waals surface area contributed by atoms with E-state index in [1.807, 2.05) is 6.92 Å². The predicted octanol–water partition coefficient (Wildman–Crippen LogP) is 1.10. The van der Waals surface area contributed by atoms with Crippen LogP contribution in [0, 0.1) is 0 Å². The molecule has 0 radical (unpaired) electrons. The first kappa shape index (κ1) is 10.4. The lowest BCUT2D eigenvalue weighted by Crippen LogP contribution is -2.10. The zero-order valence-electron chi connectivity index (χ0n) is 6.95. The topological polar surface area (TPSA) is 46.5 Å². The van der Waals surface area contributed by atoms with E-state index in [1.165, 1.54) is 0 Å². The molecule has 0 aliphatic rings. The van der Waals surface area contributed by atoms with Crippen molar-refractivity contribution in [2.45, 2.75) is 38.7 Å². The number of hydrogen-bond donors (Lipinski definition) is 1.